The Morgan fingerprint density at radius 3 is 2.58 bits per heavy atom. The minimum Gasteiger partial charge on any atom is -0.493 e. The molecule has 0 aliphatic rings. The summed E-state index contributed by atoms with van der Waals surface area (Å²) >= 11 is 1.23. The van der Waals surface area contributed by atoms with E-state index in [2.05, 4.69) is 25.1 Å². The molecule has 2 aromatic heterocycles. The molecule has 7 heteroatoms. The third-order valence-electron chi connectivity index (χ3n) is 6.84. The van der Waals surface area contributed by atoms with Crippen LogP contribution in [0.5, 0.6) is 5.75 Å². The predicted octanol–water partition coefficient (Wildman–Crippen LogP) is 6.93. The average Bonchev–Trinajstić information content (AvgIpc) is 3.33. The van der Waals surface area contributed by atoms with Crippen molar-refractivity contribution >= 4 is 38.6 Å². The van der Waals surface area contributed by atoms with Crippen molar-refractivity contribution in [3.8, 4) is 16.2 Å². The molecule has 194 valence electrons. The summed E-state index contributed by atoms with van der Waals surface area (Å²) in [6, 6.07) is 21.2. The van der Waals surface area contributed by atoms with E-state index in [0.717, 1.165) is 46.9 Å². The van der Waals surface area contributed by atoms with Crippen LogP contribution in [0.25, 0.3) is 26.0 Å². The van der Waals surface area contributed by atoms with E-state index in [1.54, 1.807) is 0 Å². The molecular weight excluding hydrogens is 496 g/mol. The summed E-state index contributed by atoms with van der Waals surface area (Å²) < 4.78 is 7.15. The molecule has 0 unspecified atom stereocenters. The molecule has 0 spiro atoms. The predicted molar refractivity (Wildman–Crippen MR) is 155 cm³/mol. The highest BCUT2D eigenvalue weighted by Gasteiger charge is 2.24. The Bertz CT molecular complexity index is 1710. The number of nitrogens with two attached hydrogens (primary N) is 1. The van der Waals surface area contributed by atoms with Gasteiger partial charge in [-0.25, -0.2) is 4.79 Å². The van der Waals surface area contributed by atoms with Crippen molar-refractivity contribution in [3.05, 3.63) is 99.5 Å². The van der Waals surface area contributed by atoms with Gasteiger partial charge in [-0.05, 0) is 64.6 Å². The lowest BCUT2D eigenvalue weighted by molar-refractivity contribution is 0.0690. The molecule has 3 N–H and O–H groups in total. The van der Waals surface area contributed by atoms with Gasteiger partial charge in [0.2, 0.25) is 0 Å². The first-order valence-electron chi connectivity index (χ1n) is 12.8. The molecule has 38 heavy (non-hydrogen) atoms. The molecule has 0 radical (unpaired) electrons. The van der Waals surface area contributed by atoms with Crippen LogP contribution in [0.2, 0.25) is 0 Å². The average molecular weight is 527 g/mol. The van der Waals surface area contributed by atoms with Gasteiger partial charge < -0.3 is 15.6 Å². The maximum atomic E-state index is 13.3. The van der Waals surface area contributed by atoms with E-state index in [0.29, 0.717) is 39.5 Å². The number of carbonyl (C=O) groups is 1. The van der Waals surface area contributed by atoms with Gasteiger partial charge in [-0.2, -0.15) is 0 Å². The van der Waals surface area contributed by atoms with E-state index in [4.69, 9.17) is 10.5 Å². The second-order valence-corrected chi connectivity index (χ2v) is 10.5. The second kappa shape index (κ2) is 10.7. The lowest BCUT2D eigenvalue weighted by Crippen LogP contribution is -2.19. The summed E-state index contributed by atoms with van der Waals surface area (Å²) in [6.45, 7) is 4.73. The minimum atomic E-state index is -1.17. The molecule has 0 atom stereocenters. The quantitative estimate of drug-likeness (QED) is 0.203. The van der Waals surface area contributed by atoms with Crippen LogP contribution in [0.4, 0.5) is 5.69 Å². The van der Waals surface area contributed by atoms with Crippen molar-refractivity contribution in [2.24, 2.45) is 0 Å². The number of nitrogens with zero attached hydrogens (tertiary/aromatic N) is 1. The Balaban J connectivity index is 1.58. The fraction of sp³-hybridized carbons (Fsp3) is 0.226. The maximum absolute atomic E-state index is 13.3. The largest absolute Gasteiger partial charge is 0.493 e. The van der Waals surface area contributed by atoms with Gasteiger partial charge in [-0.1, -0.05) is 62.2 Å². The number of anilines is 1. The fourth-order valence-corrected chi connectivity index (χ4v) is 6.11. The van der Waals surface area contributed by atoms with Crippen LogP contribution in [0.3, 0.4) is 0 Å². The summed E-state index contributed by atoms with van der Waals surface area (Å²) in [6.07, 6.45) is 3.69. The van der Waals surface area contributed by atoms with Crippen molar-refractivity contribution < 1.29 is 14.6 Å². The Morgan fingerprint density at radius 1 is 1.03 bits per heavy atom. The monoisotopic (exact) mass is 526 g/mol. The Labute approximate surface area is 224 Å². The van der Waals surface area contributed by atoms with Gasteiger partial charge in [0.25, 0.3) is 5.56 Å². The number of aromatic nitrogens is 1. The number of fused-ring (bicyclic) bond motifs is 2. The number of benzene rings is 3. The van der Waals surface area contributed by atoms with E-state index in [-0.39, 0.29) is 5.69 Å². The highest BCUT2D eigenvalue weighted by Crippen LogP contribution is 2.38. The van der Waals surface area contributed by atoms with E-state index in [1.165, 1.54) is 21.8 Å². The molecule has 0 aliphatic heterocycles. The van der Waals surface area contributed by atoms with Crippen LogP contribution in [0.1, 0.15) is 53.4 Å². The van der Waals surface area contributed by atoms with E-state index >= 15 is 0 Å². The number of ether oxygens (including phenoxy) is 1. The van der Waals surface area contributed by atoms with Crippen molar-refractivity contribution in [3.63, 3.8) is 0 Å². The molecule has 5 aromatic rings. The first-order chi connectivity index (χ1) is 18.4. The summed E-state index contributed by atoms with van der Waals surface area (Å²) in [5.41, 5.74) is 9.91. The lowest BCUT2D eigenvalue weighted by Gasteiger charge is -2.10. The van der Waals surface area contributed by atoms with E-state index < -0.39 is 11.5 Å². The number of thiazole rings is 1. The number of carboxylic acid groups (broad SMARTS) is 1. The van der Waals surface area contributed by atoms with E-state index in [9.17, 15) is 14.7 Å². The number of rotatable bonds is 9. The number of hydrogen-bond donors (Lipinski definition) is 2. The molecule has 5 rings (SSSR count). The first-order valence-corrected chi connectivity index (χ1v) is 13.6. The van der Waals surface area contributed by atoms with Gasteiger partial charge in [0.15, 0.2) is 5.69 Å². The number of aryl methyl sites for hydroxylation is 1. The number of unbranched alkanes of at least 4 members (excludes halogenated alkanes) is 2. The highest BCUT2D eigenvalue weighted by molar-refractivity contribution is 7.21. The third-order valence-corrected chi connectivity index (χ3v) is 8.07. The van der Waals surface area contributed by atoms with Crippen LogP contribution < -0.4 is 16.0 Å². The van der Waals surface area contributed by atoms with Crippen LogP contribution in [-0.4, -0.2) is 22.1 Å². The number of hydrogen-bond acceptors (Lipinski definition) is 5. The minimum absolute atomic E-state index is 0.0746. The lowest BCUT2D eigenvalue weighted by atomic mass is 9.98. The van der Waals surface area contributed by atoms with Gasteiger partial charge in [0.1, 0.15) is 10.6 Å². The molecule has 0 saturated heterocycles. The maximum Gasteiger partial charge on any atom is 0.354 e. The van der Waals surface area contributed by atoms with Gasteiger partial charge in [-0.3, -0.25) is 9.20 Å². The highest BCUT2D eigenvalue weighted by atomic mass is 32.1. The molecule has 0 aliphatic carbocycles. The van der Waals surface area contributed by atoms with Crippen LogP contribution in [0.15, 0.2) is 71.5 Å². The Hall–Kier alpha value is -4.10. The molecule has 0 amide bonds. The third kappa shape index (κ3) is 4.77. The van der Waals surface area contributed by atoms with Crippen LogP contribution >= 0.6 is 11.3 Å². The van der Waals surface area contributed by atoms with Gasteiger partial charge >= 0.3 is 5.97 Å². The molecule has 0 fully saturated rings. The summed E-state index contributed by atoms with van der Waals surface area (Å²) in [5, 5.41) is 12.3. The van der Waals surface area contributed by atoms with Crippen molar-refractivity contribution in [1.29, 1.82) is 0 Å². The van der Waals surface area contributed by atoms with Crippen molar-refractivity contribution in [2.45, 2.75) is 39.5 Å². The number of pyridine rings is 1. The summed E-state index contributed by atoms with van der Waals surface area (Å²) in [4.78, 5) is 26.6. The zero-order valence-corrected chi connectivity index (χ0v) is 22.3. The van der Waals surface area contributed by atoms with E-state index in [1.807, 2.05) is 49.4 Å². The topological polar surface area (TPSA) is 94.0 Å². The van der Waals surface area contributed by atoms with Gasteiger partial charge in [0, 0.05) is 12.5 Å². The summed E-state index contributed by atoms with van der Waals surface area (Å²) in [7, 11) is 0. The zero-order valence-electron chi connectivity index (χ0n) is 21.5. The molecule has 0 saturated carbocycles. The van der Waals surface area contributed by atoms with Gasteiger partial charge in [0.05, 0.1) is 17.2 Å². The van der Waals surface area contributed by atoms with Crippen molar-refractivity contribution in [2.75, 3.05) is 12.3 Å². The Kier molecular flexibility index (Phi) is 7.20. The first kappa shape index (κ1) is 25.5. The van der Waals surface area contributed by atoms with Crippen LogP contribution in [0, 0.1) is 6.92 Å². The fourth-order valence-electron chi connectivity index (χ4n) is 4.88. The molecule has 0 bridgehead atoms. The van der Waals surface area contributed by atoms with Gasteiger partial charge in [-0.15, -0.1) is 11.3 Å². The molecule has 6 nitrogen and oxygen atoms in total. The van der Waals surface area contributed by atoms with Crippen LogP contribution in [-0.2, 0) is 6.42 Å². The normalized spacial score (nSPS) is 11.3. The zero-order chi connectivity index (χ0) is 26.8. The smallest absolute Gasteiger partial charge is 0.354 e. The molecule has 2 heterocycles. The number of carboxylic acids is 1. The molecule has 3 aromatic carbocycles. The summed E-state index contributed by atoms with van der Waals surface area (Å²) in [5.74, 6) is -0.399. The number of nitrogen functional groups attached to an aromatic ring is 1. The standard InChI is InChI=1S/C31H30N2O4S/c1-3-4-7-15-37-25-14-13-22(16-19(25)2)29-28(31(35)36)33-26(34)18-23(27(32)30(33)38-29)17-21-11-8-10-20-9-5-6-12-24(20)21/h5-6,8-14,16,18H,3-4,7,15,17,32H2,1-2H3,(H,35,36). The molecular formula is C31H30N2O4S. The van der Waals surface area contributed by atoms with Crippen molar-refractivity contribution in [1.82, 2.24) is 4.40 Å². The second-order valence-electron chi connectivity index (χ2n) is 9.50. The Morgan fingerprint density at radius 2 is 1.82 bits per heavy atom. The number of aromatic carboxylic acids is 1. The SMILES string of the molecule is CCCCCOc1ccc(-c2sc3c(N)c(Cc4cccc5ccccc45)cc(=O)n3c2C(=O)O)cc1C.